The van der Waals surface area contributed by atoms with Gasteiger partial charge in [-0.3, -0.25) is 0 Å². The summed E-state index contributed by atoms with van der Waals surface area (Å²) in [6.45, 7) is -4.90. The van der Waals surface area contributed by atoms with Gasteiger partial charge in [0.05, 0.1) is 0 Å². The fourth-order valence-corrected chi connectivity index (χ4v) is 1.58. The first-order chi connectivity index (χ1) is 8.55. The Morgan fingerprint density at radius 2 is 1.17 bits per heavy atom. The summed E-state index contributed by atoms with van der Waals surface area (Å²) in [5.41, 5.74) is 1.20. The minimum Gasteiger partial charge on any atom is -0.445 e. The maximum absolute atomic E-state index is 12.4. The Bertz CT molecular complexity index is 527. The second kappa shape index (κ2) is 5.13. The summed E-state index contributed by atoms with van der Waals surface area (Å²) in [6.07, 6.45) is 3.66. The fraction of sp³-hybridized carbons (Fsp3) is 0. The van der Waals surface area contributed by atoms with Crippen molar-refractivity contribution in [2.75, 3.05) is 0 Å². The lowest BCUT2D eigenvalue weighted by atomic mass is 9.80. The highest BCUT2D eigenvalue weighted by atomic mass is 19.4. The van der Waals surface area contributed by atoms with Crippen molar-refractivity contribution in [2.45, 2.75) is 0 Å². The van der Waals surface area contributed by atoms with Crippen LogP contribution in [0.1, 0.15) is 11.1 Å². The molecule has 0 spiro atoms. The zero-order chi connectivity index (χ0) is 13.0. The van der Waals surface area contributed by atoms with E-state index in [1.54, 1.807) is 6.08 Å². The Labute approximate surface area is 104 Å². The van der Waals surface area contributed by atoms with Crippen LogP contribution in [0.25, 0.3) is 12.2 Å². The number of benzene rings is 2. The molecule has 4 heteroatoms. The molecule has 0 N–H and O–H groups in total. The zero-order valence-electron chi connectivity index (χ0n) is 9.56. The van der Waals surface area contributed by atoms with Gasteiger partial charge in [0.15, 0.2) is 0 Å². The van der Waals surface area contributed by atoms with Crippen molar-refractivity contribution in [3.8, 4) is 0 Å². The van der Waals surface area contributed by atoms with Gasteiger partial charge >= 0.3 is 6.98 Å². The molecule has 0 nitrogen and oxygen atoms in total. The summed E-state index contributed by atoms with van der Waals surface area (Å²) in [7, 11) is 0. The molecule has 0 aliphatic carbocycles. The summed E-state index contributed by atoms with van der Waals surface area (Å²) in [4.78, 5) is 0. The molecular weight excluding hydrogens is 236 g/mol. The Morgan fingerprint density at radius 3 is 1.67 bits per heavy atom. The van der Waals surface area contributed by atoms with Crippen LogP contribution in [0.4, 0.5) is 12.9 Å². The summed E-state index contributed by atoms with van der Waals surface area (Å²) >= 11 is 0. The largest absolute Gasteiger partial charge is 0.509 e. The van der Waals surface area contributed by atoms with E-state index in [0.717, 1.165) is 23.3 Å². The standard InChI is InChI=1S/C14H11BF3/c16-15(17,18)14-10-8-13(9-11-14)7-6-12-4-2-1-3-5-12/h1-11H/q-1/b7-6+. The molecule has 0 aliphatic heterocycles. The third-order valence-electron chi connectivity index (χ3n) is 2.58. The Balaban J connectivity index is 2.14. The molecule has 0 fully saturated rings. The van der Waals surface area contributed by atoms with Crippen LogP contribution in [0.15, 0.2) is 54.6 Å². The first kappa shape index (κ1) is 12.5. The molecule has 0 saturated heterocycles. The van der Waals surface area contributed by atoms with E-state index in [1.165, 1.54) is 12.1 Å². The van der Waals surface area contributed by atoms with Crippen LogP contribution in [-0.2, 0) is 0 Å². The number of hydrogen-bond donors (Lipinski definition) is 0. The maximum atomic E-state index is 12.4. The van der Waals surface area contributed by atoms with Crippen molar-refractivity contribution in [1.29, 1.82) is 0 Å². The first-order valence-corrected chi connectivity index (χ1v) is 5.59. The highest BCUT2D eigenvalue weighted by Gasteiger charge is 2.24. The molecule has 0 aliphatic rings. The van der Waals surface area contributed by atoms with Gasteiger partial charge in [0.2, 0.25) is 0 Å². The van der Waals surface area contributed by atoms with Gasteiger partial charge in [0.25, 0.3) is 0 Å². The summed E-state index contributed by atoms with van der Waals surface area (Å²) in [5, 5.41) is 0. The van der Waals surface area contributed by atoms with Gasteiger partial charge in [-0.15, -0.1) is 5.46 Å². The molecule has 0 heterocycles. The quantitative estimate of drug-likeness (QED) is 0.569. The van der Waals surface area contributed by atoms with E-state index in [1.807, 2.05) is 36.4 Å². The van der Waals surface area contributed by atoms with Crippen molar-refractivity contribution < 1.29 is 12.9 Å². The van der Waals surface area contributed by atoms with Crippen molar-refractivity contribution >= 4 is 24.6 Å². The second-order valence-electron chi connectivity index (χ2n) is 3.99. The molecule has 0 atom stereocenters. The van der Waals surface area contributed by atoms with Crippen LogP contribution in [-0.4, -0.2) is 6.98 Å². The van der Waals surface area contributed by atoms with Crippen LogP contribution in [0.3, 0.4) is 0 Å². The maximum Gasteiger partial charge on any atom is 0.509 e. The fourth-order valence-electron chi connectivity index (χ4n) is 1.58. The Kier molecular flexibility index (Phi) is 3.56. The minimum atomic E-state index is -4.90. The topological polar surface area (TPSA) is 0 Å². The molecule has 2 aromatic rings. The Morgan fingerprint density at radius 1 is 0.667 bits per heavy atom. The monoisotopic (exact) mass is 247 g/mol. The predicted octanol–water partition coefficient (Wildman–Crippen LogP) is 3.91. The molecular formula is C14H11BF3-. The van der Waals surface area contributed by atoms with Crippen LogP contribution in [0.2, 0.25) is 0 Å². The van der Waals surface area contributed by atoms with Crippen molar-refractivity contribution in [3.05, 3.63) is 65.7 Å². The Hall–Kier alpha value is -1.97. The van der Waals surface area contributed by atoms with Gasteiger partial charge in [-0.1, -0.05) is 66.7 Å². The van der Waals surface area contributed by atoms with E-state index in [9.17, 15) is 12.9 Å². The molecule has 0 radical (unpaired) electrons. The van der Waals surface area contributed by atoms with Crippen LogP contribution < -0.4 is 5.46 Å². The smallest absolute Gasteiger partial charge is 0.445 e. The highest BCUT2D eigenvalue weighted by Crippen LogP contribution is 2.11. The van der Waals surface area contributed by atoms with E-state index < -0.39 is 12.4 Å². The lowest BCUT2D eigenvalue weighted by Gasteiger charge is -2.14. The van der Waals surface area contributed by atoms with E-state index in [4.69, 9.17) is 0 Å². The van der Waals surface area contributed by atoms with E-state index in [-0.39, 0.29) is 0 Å². The first-order valence-electron chi connectivity index (χ1n) is 5.59. The number of hydrogen-bond acceptors (Lipinski definition) is 0. The molecule has 0 bridgehead atoms. The van der Waals surface area contributed by atoms with Crippen molar-refractivity contribution in [3.63, 3.8) is 0 Å². The van der Waals surface area contributed by atoms with Crippen molar-refractivity contribution in [1.82, 2.24) is 0 Å². The molecule has 0 saturated carbocycles. The molecule has 2 aromatic carbocycles. The lowest BCUT2D eigenvalue weighted by Crippen LogP contribution is -2.33. The number of halogens is 3. The van der Waals surface area contributed by atoms with Crippen LogP contribution >= 0.6 is 0 Å². The average Bonchev–Trinajstić information content (AvgIpc) is 2.37. The lowest BCUT2D eigenvalue weighted by molar-refractivity contribution is 0.501. The second-order valence-corrected chi connectivity index (χ2v) is 3.99. The SMILES string of the molecule is F[B-](F)(F)c1ccc(/C=C/c2ccccc2)cc1. The molecule has 18 heavy (non-hydrogen) atoms. The molecule has 0 aromatic heterocycles. The van der Waals surface area contributed by atoms with Gasteiger partial charge in [0.1, 0.15) is 0 Å². The van der Waals surface area contributed by atoms with Gasteiger partial charge in [-0.25, -0.2) is 0 Å². The molecule has 2 rings (SSSR count). The molecule has 0 unspecified atom stereocenters. The van der Waals surface area contributed by atoms with E-state index in [0.29, 0.717) is 0 Å². The molecule has 92 valence electrons. The summed E-state index contributed by atoms with van der Waals surface area (Å²) < 4.78 is 37.2. The normalized spacial score (nSPS) is 11.9. The third kappa shape index (κ3) is 3.26. The summed E-state index contributed by atoms with van der Waals surface area (Å²) in [6, 6.07) is 14.8. The van der Waals surface area contributed by atoms with Gasteiger partial charge in [0, 0.05) is 0 Å². The van der Waals surface area contributed by atoms with Crippen LogP contribution in [0.5, 0.6) is 0 Å². The van der Waals surface area contributed by atoms with E-state index >= 15 is 0 Å². The minimum absolute atomic E-state index is 0.563. The molecule has 0 amide bonds. The third-order valence-corrected chi connectivity index (χ3v) is 2.58. The van der Waals surface area contributed by atoms with Crippen LogP contribution in [0, 0.1) is 0 Å². The summed E-state index contributed by atoms with van der Waals surface area (Å²) in [5.74, 6) is 0. The number of rotatable bonds is 3. The van der Waals surface area contributed by atoms with Gasteiger partial charge < -0.3 is 12.9 Å². The van der Waals surface area contributed by atoms with E-state index in [2.05, 4.69) is 0 Å². The zero-order valence-corrected chi connectivity index (χ0v) is 9.56. The average molecular weight is 247 g/mol. The highest BCUT2D eigenvalue weighted by molar-refractivity contribution is 6.73. The predicted molar refractivity (Wildman–Crippen MR) is 70.5 cm³/mol. The van der Waals surface area contributed by atoms with Gasteiger partial charge in [-0.2, -0.15) is 0 Å². The van der Waals surface area contributed by atoms with Crippen molar-refractivity contribution in [2.24, 2.45) is 0 Å². The van der Waals surface area contributed by atoms with Gasteiger partial charge in [-0.05, 0) is 11.1 Å².